The summed E-state index contributed by atoms with van der Waals surface area (Å²) in [5.74, 6) is -1.71. The summed E-state index contributed by atoms with van der Waals surface area (Å²) in [7, 11) is 1.61. The number of aliphatic imine (C=N–C) groups is 1. The molecule has 3 aromatic rings. The molecule has 0 aliphatic rings. The Morgan fingerprint density at radius 1 is 0.875 bits per heavy atom. The molecule has 40 heavy (non-hydrogen) atoms. The summed E-state index contributed by atoms with van der Waals surface area (Å²) in [5.41, 5.74) is -0.278. The molecule has 0 saturated heterocycles. The number of rotatable bonds is 4. The highest BCUT2D eigenvalue weighted by molar-refractivity contribution is 6.06. The number of carboxylic acid groups (broad SMARTS) is 1. The van der Waals surface area contributed by atoms with Gasteiger partial charge in [0.1, 0.15) is 22.6 Å². The first-order chi connectivity index (χ1) is 18.5. The number of alkyl carbamates (subject to hydrolysis) is 1. The van der Waals surface area contributed by atoms with Gasteiger partial charge in [-0.3, -0.25) is 5.32 Å². The average molecular weight is 553 g/mol. The number of nitrogens with zero attached hydrogens (tertiary/aromatic N) is 2. The molecule has 0 aliphatic heterocycles. The Bertz CT molecular complexity index is 1470. The summed E-state index contributed by atoms with van der Waals surface area (Å²) < 4.78 is 17.4. The van der Waals surface area contributed by atoms with E-state index in [-0.39, 0.29) is 23.0 Å². The van der Waals surface area contributed by atoms with E-state index in [9.17, 15) is 24.3 Å². The van der Waals surface area contributed by atoms with Gasteiger partial charge in [-0.2, -0.15) is 0 Å². The smallest absolute Gasteiger partial charge is 0.437 e. The summed E-state index contributed by atoms with van der Waals surface area (Å²) in [6.07, 6.45) is -1.77. The van der Waals surface area contributed by atoms with Crippen LogP contribution in [0.3, 0.4) is 0 Å². The van der Waals surface area contributed by atoms with Gasteiger partial charge in [0.15, 0.2) is 0 Å². The van der Waals surface area contributed by atoms with Crippen molar-refractivity contribution < 1.29 is 38.5 Å². The lowest BCUT2D eigenvalue weighted by molar-refractivity contribution is 0.0560. The van der Waals surface area contributed by atoms with Crippen molar-refractivity contribution in [2.24, 2.45) is 12.0 Å². The van der Waals surface area contributed by atoms with Gasteiger partial charge in [-0.15, -0.1) is 4.99 Å². The van der Waals surface area contributed by atoms with Gasteiger partial charge in [0.2, 0.25) is 5.96 Å². The number of anilines is 1. The molecule has 2 aromatic carbocycles. The number of amides is 2. The van der Waals surface area contributed by atoms with Crippen molar-refractivity contribution in [2.45, 2.75) is 52.7 Å². The maximum Gasteiger partial charge on any atom is 0.437 e. The topological polar surface area (TPSA) is 158 Å². The second-order valence-corrected chi connectivity index (χ2v) is 10.8. The Hall–Kier alpha value is -4.87. The lowest BCUT2D eigenvalue weighted by atomic mass is 10.2. The zero-order chi connectivity index (χ0) is 29.8. The lowest BCUT2D eigenvalue weighted by Crippen LogP contribution is -2.40. The number of aromatic carboxylic acids is 1. The Balaban J connectivity index is 1.75. The van der Waals surface area contributed by atoms with E-state index in [1.54, 1.807) is 66.8 Å². The number of hydrogen-bond donors (Lipinski definition) is 3. The van der Waals surface area contributed by atoms with Gasteiger partial charge in [0.05, 0.1) is 11.1 Å². The largest absolute Gasteiger partial charge is 0.477 e. The van der Waals surface area contributed by atoms with Gasteiger partial charge in [-0.25, -0.2) is 19.2 Å². The molecule has 0 spiro atoms. The number of hydrogen-bond acceptors (Lipinski definition) is 7. The molecule has 2 amide bonds. The highest BCUT2D eigenvalue weighted by Gasteiger charge is 2.21. The van der Waals surface area contributed by atoms with Gasteiger partial charge in [0, 0.05) is 24.2 Å². The molecule has 0 fully saturated rings. The molecular formula is C28H32N4O8. The van der Waals surface area contributed by atoms with Crippen LogP contribution in [-0.4, -0.2) is 51.0 Å². The van der Waals surface area contributed by atoms with E-state index < -0.39 is 35.3 Å². The number of aromatic nitrogens is 1. The number of aryl methyl sites for hydroxylation is 1. The first-order valence-electron chi connectivity index (χ1n) is 12.2. The highest BCUT2D eigenvalue weighted by Crippen LogP contribution is 2.25. The van der Waals surface area contributed by atoms with E-state index in [2.05, 4.69) is 15.6 Å². The number of guanidine groups is 1. The van der Waals surface area contributed by atoms with E-state index >= 15 is 0 Å². The molecule has 0 saturated carbocycles. The summed E-state index contributed by atoms with van der Waals surface area (Å²) >= 11 is 0. The third-order valence-corrected chi connectivity index (χ3v) is 5.05. The molecule has 0 unspecified atom stereocenters. The standard InChI is InChI=1S/C28H32N4O8/c1-27(2,3)39-25(36)30-24(31-26(37)40-28(4,5)6)29-18-11-8-16(9-12-18)23(35)38-19-13-10-17-14-21(22(33)34)32(7)20(17)15-19/h8-15H,1-7H3,(H,33,34)(H2,29,30,31,36,37). The maximum atomic E-state index is 12.7. The first kappa shape index (κ1) is 29.7. The molecule has 12 nitrogen and oxygen atoms in total. The minimum Gasteiger partial charge on any atom is -0.477 e. The van der Waals surface area contributed by atoms with Crippen molar-refractivity contribution >= 4 is 46.7 Å². The number of esters is 1. The number of fused-ring (bicyclic) bond motifs is 1. The Morgan fingerprint density at radius 2 is 1.50 bits per heavy atom. The lowest BCUT2D eigenvalue weighted by Gasteiger charge is -2.21. The molecule has 3 rings (SSSR count). The zero-order valence-electron chi connectivity index (χ0n) is 23.3. The average Bonchev–Trinajstić information content (AvgIpc) is 3.13. The summed E-state index contributed by atoms with van der Waals surface area (Å²) in [6.45, 7) is 10.1. The van der Waals surface area contributed by atoms with Crippen molar-refractivity contribution in [1.29, 1.82) is 0 Å². The summed E-state index contributed by atoms with van der Waals surface area (Å²) in [5, 5.41) is 15.2. The van der Waals surface area contributed by atoms with E-state index in [4.69, 9.17) is 14.2 Å². The van der Waals surface area contributed by atoms with Gasteiger partial charge in [0.25, 0.3) is 0 Å². The van der Waals surface area contributed by atoms with Crippen LogP contribution in [0.2, 0.25) is 0 Å². The van der Waals surface area contributed by atoms with Crippen LogP contribution in [0.25, 0.3) is 10.9 Å². The van der Waals surface area contributed by atoms with Gasteiger partial charge >= 0.3 is 24.1 Å². The molecule has 3 N–H and O–H groups in total. The molecule has 0 radical (unpaired) electrons. The Kier molecular flexibility index (Phi) is 8.52. The third-order valence-electron chi connectivity index (χ3n) is 5.05. The van der Waals surface area contributed by atoms with Crippen LogP contribution < -0.4 is 15.4 Å². The second-order valence-electron chi connectivity index (χ2n) is 10.8. The molecule has 212 valence electrons. The fraction of sp³-hybridized carbons (Fsp3) is 0.321. The van der Waals surface area contributed by atoms with Gasteiger partial charge in [-0.05, 0) is 84.0 Å². The number of ether oxygens (including phenoxy) is 3. The van der Waals surface area contributed by atoms with E-state index in [0.717, 1.165) is 0 Å². The minimum atomic E-state index is -1.06. The first-order valence-corrected chi connectivity index (χ1v) is 12.2. The molecule has 1 aromatic heterocycles. The van der Waals surface area contributed by atoms with Crippen molar-refractivity contribution in [1.82, 2.24) is 9.88 Å². The second kappa shape index (κ2) is 11.5. The van der Waals surface area contributed by atoms with E-state index in [0.29, 0.717) is 16.6 Å². The Morgan fingerprint density at radius 3 is 2.08 bits per heavy atom. The van der Waals surface area contributed by atoms with E-state index in [1.807, 2.05) is 0 Å². The molecular weight excluding hydrogens is 520 g/mol. The SMILES string of the molecule is Cn1c(C(=O)O)cc2ccc(OC(=O)c3ccc(N/C(=N/C(=O)OC(C)(C)C)NC(=O)OC(C)(C)C)cc3)cc21. The van der Waals surface area contributed by atoms with Crippen LogP contribution in [0.5, 0.6) is 5.75 Å². The van der Waals surface area contributed by atoms with Crippen LogP contribution in [-0.2, 0) is 16.5 Å². The molecule has 0 aliphatic carbocycles. The molecule has 0 bridgehead atoms. The number of carbonyl (C=O) groups is 4. The quantitative estimate of drug-likeness (QED) is 0.168. The zero-order valence-corrected chi connectivity index (χ0v) is 23.3. The monoisotopic (exact) mass is 552 g/mol. The summed E-state index contributed by atoms with van der Waals surface area (Å²) in [4.78, 5) is 52.4. The predicted molar refractivity (Wildman–Crippen MR) is 148 cm³/mol. The van der Waals surface area contributed by atoms with Crippen LogP contribution in [0, 0.1) is 0 Å². The maximum absolute atomic E-state index is 12.7. The highest BCUT2D eigenvalue weighted by atomic mass is 16.6. The van der Waals surface area contributed by atoms with Crippen LogP contribution in [0.4, 0.5) is 15.3 Å². The van der Waals surface area contributed by atoms with Gasteiger partial charge in [-0.1, -0.05) is 0 Å². The number of nitrogens with one attached hydrogen (secondary N) is 2. The fourth-order valence-corrected chi connectivity index (χ4v) is 3.43. The van der Waals surface area contributed by atoms with Crippen molar-refractivity contribution in [2.75, 3.05) is 5.32 Å². The third kappa shape index (κ3) is 8.32. The molecule has 0 atom stereocenters. The fourth-order valence-electron chi connectivity index (χ4n) is 3.43. The van der Waals surface area contributed by atoms with Crippen LogP contribution in [0.1, 0.15) is 62.4 Å². The number of benzene rings is 2. The summed E-state index contributed by atoms with van der Waals surface area (Å²) in [6, 6.07) is 12.4. The van der Waals surface area contributed by atoms with Gasteiger partial charge < -0.3 is 29.2 Å². The van der Waals surface area contributed by atoms with Crippen molar-refractivity contribution in [3.05, 3.63) is 59.8 Å². The van der Waals surface area contributed by atoms with Crippen molar-refractivity contribution in [3.63, 3.8) is 0 Å². The molecule has 12 heteroatoms. The minimum absolute atomic E-state index is 0.109. The molecule has 1 heterocycles. The van der Waals surface area contributed by atoms with E-state index in [1.165, 1.54) is 34.9 Å². The van der Waals surface area contributed by atoms with Crippen LogP contribution >= 0.6 is 0 Å². The number of carbonyl (C=O) groups excluding carboxylic acids is 3. The van der Waals surface area contributed by atoms with Crippen LogP contribution in [0.15, 0.2) is 53.5 Å². The Labute approximate surface area is 230 Å². The normalized spacial score (nSPS) is 12.0. The van der Waals surface area contributed by atoms with Crippen molar-refractivity contribution in [3.8, 4) is 5.75 Å². The predicted octanol–water partition coefficient (Wildman–Crippen LogP) is 5.32. The number of carboxylic acids is 1.